The maximum absolute atomic E-state index is 13.2. The van der Waals surface area contributed by atoms with Gasteiger partial charge in [-0.05, 0) is 38.9 Å². The summed E-state index contributed by atoms with van der Waals surface area (Å²) in [6.07, 6.45) is 1.02. The normalized spacial score (nSPS) is 17.3. The van der Waals surface area contributed by atoms with Crippen LogP contribution in [0.4, 0.5) is 5.13 Å². The summed E-state index contributed by atoms with van der Waals surface area (Å²) in [4.78, 5) is 46.8. The molecule has 1 saturated heterocycles. The number of nitrogen functional groups attached to an aromatic ring is 1. The first-order valence-electron chi connectivity index (χ1n) is 12.9. The van der Waals surface area contributed by atoms with E-state index in [-0.39, 0.29) is 10.8 Å². The number of aryl methyl sites for hydroxylation is 2. The number of β-lactam (4-membered cyclic amide) rings is 1. The largest absolute Gasteiger partial charge is 0.724 e. The molecule has 1 aliphatic heterocycles. The molecule has 18 nitrogen and oxygen atoms in total. The molecule has 4 rings (SSSR count). The van der Waals surface area contributed by atoms with Crippen molar-refractivity contribution < 1.29 is 51.0 Å². The molecule has 0 bridgehead atoms. The predicted molar refractivity (Wildman–Crippen MR) is 151 cm³/mol. The van der Waals surface area contributed by atoms with Gasteiger partial charge in [-0.1, -0.05) is 5.16 Å². The molecule has 44 heavy (non-hydrogen) atoms. The Bertz CT molecular complexity index is 1720. The van der Waals surface area contributed by atoms with Crippen LogP contribution in [0.15, 0.2) is 34.9 Å². The van der Waals surface area contributed by atoms with Crippen molar-refractivity contribution in [3.05, 3.63) is 35.5 Å². The van der Waals surface area contributed by atoms with Crippen molar-refractivity contribution in [3.63, 3.8) is 0 Å². The maximum Gasteiger partial charge on any atom is 0.351 e. The first-order valence-corrected chi connectivity index (χ1v) is 15.1. The molecule has 0 spiro atoms. The number of oxime groups is 1. The number of nitrogens with one attached hydrogen (secondary N) is 1. The van der Waals surface area contributed by atoms with E-state index in [1.807, 2.05) is 28.7 Å². The lowest BCUT2D eigenvalue weighted by molar-refractivity contribution is -0.730. The minimum absolute atomic E-state index is 0.0551. The van der Waals surface area contributed by atoms with Crippen LogP contribution >= 0.6 is 11.3 Å². The van der Waals surface area contributed by atoms with Gasteiger partial charge in [0.05, 0.1) is 23.7 Å². The number of anilines is 1. The van der Waals surface area contributed by atoms with Crippen molar-refractivity contribution in [2.75, 3.05) is 18.9 Å². The van der Waals surface area contributed by atoms with Crippen molar-refractivity contribution in [2.24, 2.45) is 17.9 Å². The first kappa shape index (κ1) is 32.5. The van der Waals surface area contributed by atoms with Crippen LogP contribution in [0, 0.1) is 0 Å². The Hall–Kier alpha value is -4.37. The van der Waals surface area contributed by atoms with Gasteiger partial charge in [0.2, 0.25) is 15.9 Å². The van der Waals surface area contributed by atoms with Crippen molar-refractivity contribution in [2.45, 2.75) is 44.5 Å². The van der Waals surface area contributed by atoms with Gasteiger partial charge in [0.15, 0.2) is 17.9 Å². The van der Waals surface area contributed by atoms with Crippen molar-refractivity contribution in [3.8, 4) is 5.75 Å². The summed E-state index contributed by atoms with van der Waals surface area (Å²) in [6.45, 7) is 3.43. The van der Waals surface area contributed by atoms with E-state index in [1.54, 1.807) is 12.1 Å². The lowest BCUT2D eigenvalue weighted by Gasteiger charge is -2.51. The molecule has 2 amide bonds. The molecular weight excluding hydrogens is 624 g/mol. The van der Waals surface area contributed by atoms with Crippen LogP contribution in [0.25, 0.3) is 10.9 Å². The number of nitrogens with zero attached hydrogens (tertiary/aromatic N) is 5. The van der Waals surface area contributed by atoms with E-state index in [4.69, 9.17) is 21.0 Å². The predicted octanol–water partition coefficient (Wildman–Crippen LogP) is -1.40. The van der Waals surface area contributed by atoms with Crippen molar-refractivity contribution in [1.82, 2.24) is 20.0 Å². The van der Waals surface area contributed by atoms with Gasteiger partial charge in [0.1, 0.15) is 24.1 Å². The molecule has 0 unspecified atom stereocenters. The van der Waals surface area contributed by atoms with Crippen LogP contribution in [0.1, 0.15) is 26.0 Å². The second-order valence-corrected chi connectivity index (χ2v) is 12.0. The Morgan fingerprint density at radius 3 is 2.68 bits per heavy atom. The zero-order valence-corrected chi connectivity index (χ0v) is 25.3. The summed E-state index contributed by atoms with van der Waals surface area (Å²) >= 11 is 0.955. The number of aromatic nitrogens is 3. The Morgan fingerprint density at radius 1 is 1.36 bits per heavy atom. The van der Waals surface area contributed by atoms with Crippen LogP contribution in [-0.4, -0.2) is 87.1 Å². The summed E-state index contributed by atoms with van der Waals surface area (Å²) < 4.78 is 46.7. The average molecular weight is 655 g/mol. The molecule has 1 aromatic carbocycles. The number of hydrogen-bond donors (Lipinski definition) is 4. The van der Waals surface area contributed by atoms with Crippen LogP contribution in [0.5, 0.6) is 5.75 Å². The highest BCUT2D eigenvalue weighted by molar-refractivity contribution is 7.80. The number of rotatable bonds is 14. The van der Waals surface area contributed by atoms with Crippen LogP contribution in [0.2, 0.25) is 0 Å². The number of amides is 2. The van der Waals surface area contributed by atoms with Gasteiger partial charge in [0, 0.05) is 11.4 Å². The first-order chi connectivity index (χ1) is 20.6. The molecule has 2 atom stereocenters. The van der Waals surface area contributed by atoms with E-state index >= 15 is 0 Å². The summed E-state index contributed by atoms with van der Waals surface area (Å²) in [5, 5.41) is 18.4. The smallest absolute Gasteiger partial charge is 0.351 e. The highest BCUT2D eigenvalue weighted by Gasteiger charge is 2.57. The molecule has 0 aliphatic carbocycles. The van der Waals surface area contributed by atoms with E-state index in [1.165, 1.54) is 19.2 Å². The van der Waals surface area contributed by atoms with Crippen molar-refractivity contribution in [1.29, 1.82) is 0 Å². The number of carbonyl (C=O) groups is 3. The highest BCUT2D eigenvalue weighted by Crippen LogP contribution is 2.33. The maximum atomic E-state index is 13.2. The standard InChI is InChI=1S/C24H30N8O10S2/c1-24(2)19(21(34)32(24)42-44(37,38)39)28-20(33)18(15-12-43-23(26)27-15)29-41-17(22(35)36)11-40-14-5-6-16-13(9-14)10-31(30(16)3)8-4-7-25/h5-6,9-10,12,17,19H,4,7-8,11,25H2,1-3H3,(H4-,26,27,28,33,35,36,37,38,39)/b29-18-/t17-,19+/m0/s1. The zero-order chi connectivity index (χ0) is 32.4. The molecule has 0 saturated carbocycles. The van der Waals surface area contributed by atoms with Gasteiger partial charge in [-0.3, -0.25) is 9.59 Å². The van der Waals surface area contributed by atoms with Gasteiger partial charge in [-0.25, -0.2) is 18.2 Å². The van der Waals surface area contributed by atoms with Gasteiger partial charge >= 0.3 is 5.97 Å². The summed E-state index contributed by atoms with van der Waals surface area (Å²) in [5.74, 6) is -3.16. The van der Waals surface area contributed by atoms with Gasteiger partial charge < -0.3 is 36.0 Å². The molecule has 1 aliphatic rings. The fraction of sp³-hybridized carbons (Fsp3) is 0.417. The van der Waals surface area contributed by atoms with Gasteiger partial charge in [-0.2, -0.15) is 14.0 Å². The number of carbonyl (C=O) groups excluding carboxylic acids is 2. The number of carboxylic acids is 1. The number of benzene rings is 1. The van der Waals surface area contributed by atoms with Gasteiger partial charge in [-0.15, -0.1) is 16.0 Å². The third-order valence-electron chi connectivity index (χ3n) is 6.66. The Labute approximate surface area is 254 Å². The second-order valence-electron chi connectivity index (χ2n) is 10.1. The topological polar surface area (TPSA) is 258 Å². The SMILES string of the molecule is C[n+]1c2ccc(OC[C@H](O/N=C(\C(=O)N[C@@H]3C(=O)N(OS(=O)(=O)[O-])C3(C)C)c3csc(N)n3)C(=O)O)cc2cn1CCCN. The van der Waals surface area contributed by atoms with Crippen LogP contribution in [0.3, 0.4) is 0 Å². The van der Waals surface area contributed by atoms with Gasteiger partial charge in [0.25, 0.3) is 17.9 Å². The molecule has 2 aromatic heterocycles. The lowest BCUT2D eigenvalue weighted by atomic mass is 9.84. The Kier molecular flexibility index (Phi) is 9.39. The summed E-state index contributed by atoms with van der Waals surface area (Å²) in [6, 6.07) is 3.86. The third-order valence-corrected chi connectivity index (χ3v) is 7.66. The summed E-state index contributed by atoms with van der Waals surface area (Å²) in [5.41, 5.74) is 10.1. The number of hydroxylamine groups is 2. The minimum Gasteiger partial charge on any atom is -0.724 e. The fourth-order valence-electron chi connectivity index (χ4n) is 4.33. The van der Waals surface area contributed by atoms with Crippen LogP contribution < -0.4 is 26.2 Å². The second kappa shape index (κ2) is 12.7. The highest BCUT2D eigenvalue weighted by atomic mass is 32.3. The third kappa shape index (κ3) is 7.05. The average Bonchev–Trinajstić information content (AvgIpc) is 3.52. The number of carboxylic acid groups (broad SMARTS) is 1. The van der Waals surface area contributed by atoms with E-state index < -0.39 is 58.2 Å². The van der Waals surface area contributed by atoms with Crippen LogP contribution in [-0.2, 0) is 47.5 Å². The quantitative estimate of drug-likeness (QED) is 0.0390. The number of aliphatic carboxylic acids is 1. The molecule has 0 radical (unpaired) electrons. The zero-order valence-electron chi connectivity index (χ0n) is 23.7. The summed E-state index contributed by atoms with van der Waals surface area (Å²) in [7, 11) is -3.36. The lowest BCUT2D eigenvalue weighted by Crippen LogP contribution is -2.76. The number of ether oxygens (including phenoxy) is 1. The van der Waals surface area contributed by atoms with E-state index in [2.05, 4.69) is 19.7 Å². The fourth-order valence-corrected chi connectivity index (χ4v) is 5.32. The number of hydrogen-bond acceptors (Lipinski definition) is 14. The molecular formula is C24H30N8O10S2. The van der Waals surface area contributed by atoms with E-state index in [0.717, 1.165) is 28.7 Å². The molecule has 3 aromatic rings. The number of fused-ring (bicyclic) bond motifs is 1. The Morgan fingerprint density at radius 2 is 2.09 bits per heavy atom. The monoisotopic (exact) mass is 654 g/mol. The van der Waals surface area contributed by atoms with E-state index in [9.17, 15) is 32.5 Å². The Balaban J connectivity index is 1.49. The van der Waals surface area contributed by atoms with E-state index in [0.29, 0.717) is 23.9 Å². The number of nitrogens with two attached hydrogens (primary N) is 2. The number of thiazole rings is 1. The molecule has 20 heteroatoms. The molecule has 238 valence electrons. The molecule has 1 fully saturated rings. The van der Waals surface area contributed by atoms with Crippen molar-refractivity contribution >= 4 is 61.3 Å². The minimum atomic E-state index is -5.26. The molecule has 6 N–H and O–H groups in total. The molecule has 3 heterocycles.